The Hall–Kier alpha value is -1.52. The predicted octanol–water partition coefficient (Wildman–Crippen LogP) is 2.48. The third-order valence-corrected chi connectivity index (χ3v) is 1.98. The fourth-order valence-corrected chi connectivity index (χ4v) is 1.10. The molecule has 0 saturated heterocycles. The summed E-state index contributed by atoms with van der Waals surface area (Å²) in [7, 11) is 0. The molecule has 0 aromatic heterocycles. The van der Waals surface area contributed by atoms with Crippen LogP contribution in [0.1, 0.15) is 12.0 Å². The first-order valence-corrected chi connectivity index (χ1v) is 4.28. The number of carboxylic acid groups (broad SMARTS) is 1. The fourth-order valence-electron chi connectivity index (χ4n) is 1.10. The highest BCUT2D eigenvalue weighted by Crippen LogP contribution is 2.22. The Kier molecular flexibility index (Phi) is 3.34. The van der Waals surface area contributed by atoms with Crippen LogP contribution in [0.25, 0.3) is 0 Å². The average Bonchev–Trinajstić information content (AvgIpc) is 2.16. The lowest BCUT2D eigenvalue weighted by Gasteiger charge is -2.10. The van der Waals surface area contributed by atoms with Crippen molar-refractivity contribution in [2.45, 2.75) is 18.8 Å². The summed E-state index contributed by atoms with van der Waals surface area (Å²) in [5, 5.41) is 8.14. The third-order valence-electron chi connectivity index (χ3n) is 1.98. The standard InChI is InChI=1S/C10H9F3O2/c11-8-4-2-1-3-7(8)5-6-10(12,13)9(14)15/h1-4H,5-6H2,(H,14,15). The minimum absolute atomic E-state index is 0.0958. The smallest absolute Gasteiger partial charge is 0.374 e. The molecule has 0 heterocycles. The van der Waals surface area contributed by atoms with Crippen LogP contribution in [-0.2, 0) is 11.2 Å². The fraction of sp³-hybridized carbons (Fsp3) is 0.300. The normalized spacial score (nSPS) is 11.4. The van der Waals surface area contributed by atoms with E-state index < -0.39 is 24.1 Å². The number of aliphatic carboxylic acids is 1. The van der Waals surface area contributed by atoms with E-state index in [0.29, 0.717) is 0 Å². The van der Waals surface area contributed by atoms with E-state index in [-0.39, 0.29) is 12.0 Å². The van der Waals surface area contributed by atoms with Crippen molar-refractivity contribution in [1.82, 2.24) is 0 Å². The summed E-state index contributed by atoms with van der Waals surface area (Å²) in [6, 6.07) is 5.45. The number of benzene rings is 1. The molecule has 0 amide bonds. The van der Waals surface area contributed by atoms with Gasteiger partial charge in [0.05, 0.1) is 0 Å². The minimum atomic E-state index is -3.80. The Morgan fingerprint density at radius 2 is 1.93 bits per heavy atom. The second-order valence-corrected chi connectivity index (χ2v) is 3.10. The monoisotopic (exact) mass is 218 g/mol. The highest BCUT2D eigenvalue weighted by molar-refractivity contribution is 5.75. The molecule has 0 radical (unpaired) electrons. The average molecular weight is 218 g/mol. The predicted molar refractivity (Wildman–Crippen MR) is 47.3 cm³/mol. The third kappa shape index (κ3) is 2.97. The Labute approximate surface area is 84.3 Å². The number of halogens is 3. The molecule has 0 unspecified atom stereocenters. The molecule has 0 aliphatic carbocycles. The summed E-state index contributed by atoms with van der Waals surface area (Å²) in [5.74, 6) is -6.58. The van der Waals surface area contributed by atoms with Crippen LogP contribution in [0.15, 0.2) is 24.3 Å². The number of carbonyl (C=O) groups is 1. The number of hydrogen-bond acceptors (Lipinski definition) is 1. The summed E-state index contributed by atoms with van der Waals surface area (Å²) in [6.45, 7) is 0. The van der Waals surface area contributed by atoms with Crippen LogP contribution in [0, 0.1) is 5.82 Å². The van der Waals surface area contributed by atoms with E-state index in [1.54, 1.807) is 0 Å². The lowest BCUT2D eigenvalue weighted by atomic mass is 10.1. The number of hydrogen-bond donors (Lipinski definition) is 1. The van der Waals surface area contributed by atoms with Gasteiger partial charge >= 0.3 is 11.9 Å². The van der Waals surface area contributed by atoms with Crippen LogP contribution in [-0.4, -0.2) is 17.0 Å². The van der Waals surface area contributed by atoms with Crippen LogP contribution >= 0.6 is 0 Å². The van der Waals surface area contributed by atoms with Gasteiger partial charge in [-0.15, -0.1) is 0 Å². The van der Waals surface area contributed by atoms with Gasteiger partial charge in [-0.05, 0) is 18.1 Å². The molecule has 82 valence electrons. The van der Waals surface area contributed by atoms with Gasteiger partial charge in [0.1, 0.15) is 5.82 Å². The molecule has 0 aliphatic rings. The lowest BCUT2D eigenvalue weighted by molar-refractivity contribution is -0.165. The van der Waals surface area contributed by atoms with Crippen molar-refractivity contribution in [2.24, 2.45) is 0 Å². The topological polar surface area (TPSA) is 37.3 Å². The van der Waals surface area contributed by atoms with E-state index in [4.69, 9.17) is 5.11 Å². The molecule has 0 aliphatic heterocycles. The van der Waals surface area contributed by atoms with Crippen molar-refractivity contribution in [1.29, 1.82) is 0 Å². The maximum Gasteiger partial charge on any atom is 0.374 e. The van der Waals surface area contributed by atoms with Crippen LogP contribution < -0.4 is 0 Å². The van der Waals surface area contributed by atoms with Gasteiger partial charge in [0.2, 0.25) is 0 Å². The van der Waals surface area contributed by atoms with Gasteiger partial charge in [0.15, 0.2) is 0 Å². The van der Waals surface area contributed by atoms with Gasteiger partial charge in [-0.1, -0.05) is 18.2 Å². The Morgan fingerprint density at radius 1 is 1.33 bits per heavy atom. The molecule has 1 aromatic rings. The maximum absolute atomic E-state index is 13.0. The number of rotatable bonds is 4. The van der Waals surface area contributed by atoms with Crippen molar-refractivity contribution in [3.8, 4) is 0 Å². The second-order valence-electron chi connectivity index (χ2n) is 3.10. The van der Waals surface area contributed by atoms with Crippen molar-refractivity contribution in [3.63, 3.8) is 0 Å². The van der Waals surface area contributed by atoms with Crippen molar-refractivity contribution in [3.05, 3.63) is 35.6 Å². The van der Waals surface area contributed by atoms with Crippen LogP contribution in [0.5, 0.6) is 0 Å². The minimum Gasteiger partial charge on any atom is -0.477 e. The van der Waals surface area contributed by atoms with Crippen molar-refractivity contribution < 1.29 is 23.1 Å². The summed E-state index contributed by atoms with van der Waals surface area (Å²) >= 11 is 0. The van der Waals surface area contributed by atoms with Crippen molar-refractivity contribution in [2.75, 3.05) is 0 Å². The van der Waals surface area contributed by atoms with E-state index in [2.05, 4.69) is 0 Å². The summed E-state index contributed by atoms with van der Waals surface area (Å²) in [5.41, 5.74) is 0.0958. The Morgan fingerprint density at radius 3 is 2.47 bits per heavy atom. The quantitative estimate of drug-likeness (QED) is 0.842. The summed E-state index contributed by atoms with van der Waals surface area (Å²) < 4.78 is 38.3. The Balaban J connectivity index is 2.66. The second kappa shape index (κ2) is 4.33. The number of alkyl halides is 2. The molecule has 2 nitrogen and oxygen atoms in total. The molecular weight excluding hydrogens is 209 g/mol. The van der Waals surface area contributed by atoms with Crippen LogP contribution in [0.2, 0.25) is 0 Å². The molecule has 0 bridgehead atoms. The van der Waals surface area contributed by atoms with E-state index in [0.717, 1.165) is 6.07 Å². The molecule has 15 heavy (non-hydrogen) atoms. The molecule has 0 fully saturated rings. The van der Waals surface area contributed by atoms with E-state index >= 15 is 0 Å². The van der Waals surface area contributed by atoms with Gasteiger partial charge in [-0.25, -0.2) is 9.18 Å². The van der Waals surface area contributed by atoms with Gasteiger partial charge in [0, 0.05) is 6.42 Å². The molecule has 0 atom stereocenters. The van der Waals surface area contributed by atoms with Gasteiger partial charge < -0.3 is 5.11 Å². The van der Waals surface area contributed by atoms with Crippen LogP contribution in [0.3, 0.4) is 0 Å². The zero-order chi connectivity index (χ0) is 11.5. The molecule has 1 rings (SSSR count). The van der Waals surface area contributed by atoms with E-state index in [1.807, 2.05) is 0 Å². The first kappa shape index (κ1) is 11.6. The van der Waals surface area contributed by atoms with Gasteiger partial charge in [-0.3, -0.25) is 0 Å². The van der Waals surface area contributed by atoms with Crippen molar-refractivity contribution >= 4 is 5.97 Å². The molecule has 5 heteroatoms. The molecule has 1 aromatic carbocycles. The lowest BCUT2D eigenvalue weighted by Crippen LogP contribution is -2.28. The highest BCUT2D eigenvalue weighted by atomic mass is 19.3. The first-order valence-electron chi connectivity index (χ1n) is 4.28. The maximum atomic E-state index is 13.0. The molecular formula is C10H9F3O2. The van der Waals surface area contributed by atoms with E-state index in [1.165, 1.54) is 18.2 Å². The zero-order valence-corrected chi connectivity index (χ0v) is 7.71. The molecule has 0 spiro atoms. The number of aryl methyl sites for hydroxylation is 1. The molecule has 0 saturated carbocycles. The van der Waals surface area contributed by atoms with Gasteiger partial charge in [-0.2, -0.15) is 8.78 Å². The summed E-state index contributed by atoms with van der Waals surface area (Å²) in [6.07, 6.45) is -1.20. The van der Waals surface area contributed by atoms with Crippen LogP contribution in [0.4, 0.5) is 13.2 Å². The van der Waals surface area contributed by atoms with E-state index in [9.17, 15) is 18.0 Å². The molecule has 1 N–H and O–H groups in total. The zero-order valence-electron chi connectivity index (χ0n) is 7.71. The largest absolute Gasteiger partial charge is 0.477 e. The first-order chi connectivity index (χ1) is 6.93. The summed E-state index contributed by atoms with van der Waals surface area (Å²) in [4.78, 5) is 10.1. The number of carboxylic acids is 1. The van der Waals surface area contributed by atoms with Gasteiger partial charge in [0.25, 0.3) is 0 Å². The Bertz CT molecular complexity index is 363. The highest BCUT2D eigenvalue weighted by Gasteiger charge is 2.38. The SMILES string of the molecule is O=C(O)C(F)(F)CCc1ccccc1F.